The summed E-state index contributed by atoms with van der Waals surface area (Å²) in [5, 5.41) is 15.9. The Bertz CT molecular complexity index is 547. The van der Waals surface area contributed by atoms with Crippen LogP contribution in [0.5, 0.6) is 0 Å². The molecular formula is C10H18N4O7S. The van der Waals surface area contributed by atoms with Crippen molar-refractivity contribution in [1.29, 1.82) is 0 Å². The Kier molecular flexibility index (Phi) is 6.53. The highest BCUT2D eigenvalue weighted by Gasteiger charge is 2.48. The predicted octanol–water partition coefficient (Wildman–Crippen LogP) is -1.12. The minimum absolute atomic E-state index is 0.256. The SMILES string of the molecule is CO[C@H]1O[C@@H](CN=[N+]=[N-])[C@@H](O)[C@H](OS(C)(=O)=O)[C@@H]1NC(C)=O. The van der Waals surface area contributed by atoms with Crippen molar-refractivity contribution in [1.82, 2.24) is 5.32 Å². The lowest BCUT2D eigenvalue weighted by Gasteiger charge is -2.43. The molecule has 0 aromatic rings. The lowest BCUT2D eigenvalue weighted by molar-refractivity contribution is -0.248. The quantitative estimate of drug-likeness (QED) is 0.268. The number of hydrogen-bond acceptors (Lipinski definition) is 8. The molecule has 12 heteroatoms. The average Bonchev–Trinajstić information content (AvgIpc) is 2.40. The van der Waals surface area contributed by atoms with Gasteiger partial charge in [-0.3, -0.25) is 8.98 Å². The first-order chi connectivity index (χ1) is 10.2. The molecule has 2 N–H and O–H groups in total. The number of nitrogens with zero attached hydrogens (tertiary/aromatic N) is 3. The fourth-order valence-electron chi connectivity index (χ4n) is 2.09. The maximum absolute atomic E-state index is 11.4. The zero-order valence-electron chi connectivity index (χ0n) is 12.2. The van der Waals surface area contributed by atoms with Crippen molar-refractivity contribution in [3.63, 3.8) is 0 Å². The highest BCUT2D eigenvalue weighted by atomic mass is 32.2. The van der Waals surface area contributed by atoms with Crippen molar-refractivity contribution >= 4 is 16.0 Å². The van der Waals surface area contributed by atoms with Crippen LogP contribution in [-0.4, -0.2) is 70.0 Å². The molecule has 0 saturated carbocycles. The van der Waals surface area contributed by atoms with Gasteiger partial charge >= 0.3 is 0 Å². The van der Waals surface area contributed by atoms with Gasteiger partial charge in [-0.05, 0) is 5.53 Å². The minimum atomic E-state index is -3.93. The minimum Gasteiger partial charge on any atom is -0.388 e. The van der Waals surface area contributed by atoms with Crippen LogP contribution in [0.4, 0.5) is 0 Å². The van der Waals surface area contributed by atoms with E-state index in [1.54, 1.807) is 0 Å². The molecule has 1 saturated heterocycles. The van der Waals surface area contributed by atoms with Crippen molar-refractivity contribution in [2.75, 3.05) is 19.9 Å². The third-order valence-electron chi connectivity index (χ3n) is 2.89. The van der Waals surface area contributed by atoms with Gasteiger partial charge in [0.25, 0.3) is 10.1 Å². The smallest absolute Gasteiger partial charge is 0.264 e. The molecule has 0 radical (unpaired) electrons. The molecule has 5 atom stereocenters. The second-order valence-electron chi connectivity index (χ2n) is 4.67. The summed E-state index contributed by atoms with van der Waals surface area (Å²) in [5.74, 6) is -0.488. The fraction of sp³-hybridized carbons (Fsp3) is 0.900. The summed E-state index contributed by atoms with van der Waals surface area (Å²) < 4.78 is 38.1. The van der Waals surface area contributed by atoms with Crippen molar-refractivity contribution in [2.24, 2.45) is 5.11 Å². The van der Waals surface area contributed by atoms with Gasteiger partial charge in [-0.15, -0.1) is 0 Å². The lowest BCUT2D eigenvalue weighted by atomic mass is 9.96. The van der Waals surface area contributed by atoms with Crippen molar-refractivity contribution < 1.29 is 32.0 Å². The number of aliphatic hydroxyl groups excluding tert-OH is 1. The third kappa shape index (κ3) is 5.09. The van der Waals surface area contributed by atoms with Crippen LogP contribution >= 0.6 is 0 Å². The van der Waals surface area contributed by atoms with Gasteiger partial charge in [0.15, 0.2) is 6.29 Å². The maximum Gasteiger partial charge on any atom is 0.264 e. The van der Waals surface area contributed by atoms with E-state index in [4.69, 9.17) is 19.2 Å². The van der Waals surface area contributed by atoms with Gasteiger partial charge in [0.2, 0.25) is 5.91 Å². The van der Waals surface area contributed by atoms with E-state index in [2.05, 4.69) is 15.3 Å². The highest BCUT2D eigenvalue weighted by Crippen LogP contribution is 2.25. The number of azide groups is 1. The molecule has 0 unspecified atom stereocenters. The normalized spacial score (nSPS) is 32.1. The molecule has 0 aromatic heterocycles. The molecule has 0 aromatic carbocycles. The van der Waals surface area contributed by atoms with Gasteiger partial charge in [-0.2, -0.15) is 8.42 Å². The monoisotopic (exact) mass is 338 g/mol. The Hall–Kier alpha value is -1.43. The van der Waals surface area contributed by atoms with E-state index < -0.39 is 46.7 Å². The van der Waals surface area contributed by atoms with Gasteiger partial charge in [0, 0.05) is 18.9 Å². The first kappa shape index (κ1) is 18.6. The molecule has 11 nitrogen and oxygen atoms in total. The Morgan fingerprint density at radius 2 is 2.18 bits per heavy atom. The van der Waals surface area contributed by atoms with Crippen LogP contribution in [0.25, 0.3) is 10.4 Å². The number of nitrogens with one attached hydrogen (secondary N) is 1. The Balaban J connectivity index is 3.11. The number of carbonyl (C=O) groups excluding carboxylic acids is 1. The average molecular weight is 338 g/mol. The molecule has 1 aliphatic heterocycles. The summed E-state index contributed by atoms with van der Waals surface area (Å²) in [5.41, 5.74) is 8.34. The van der Waals surface area contributed by atoms with Crippen molar-refractivity contribution in [3.05, 3.63) is 10.4 Å². The molecule has 1 fully saturated rings. The molecule has 0 spiro atoms. The number of hydrogen-bond donors (Lipinski definition) is 2. The van der Waals surface area contributed by atoms with Crippen LogP contribution in [0.1, 0.15) is 6.92 Å². The number of ether oxygens (including phenoxy) is 2. The van der Waals surface area contributed by atoms with Crippen molar-refractivity contribution in [3.8, 4) is 0 Å². The molecule has 1 amide bonds. The Morgan fingerprint density at radius 3 is 2.64 bits per heavy atom. The second kappa shape index (κ2) is 7.72. The number of methoxy groups -OCH3 is 1. The van der Waals surface area contributed by atoms with Gasteiger partial charge < -0.3 is 19.9 Å². The third-order valence-corrected chi connectivity index (χ3v) is 3.46. The van der Waals surface area contributed by atoms with E-state index in [0.717, 1.165) is 6.26 Å². The van der Waals surface area contributed by atoms with Gasteiger partial charge in [-0.25, -0.2) is 0 Å². The molecule has 22 heavy (non-hydrogen) atoms. The number of amides is 1. The molecular weight excluding hydrogens is 320 g/mol. The van der Waals surface area contributed by atoms with Crippen molar-refractivity contribution in [2.45, 2.75) is 37.6 Å². The maximum atomic E-state index is 11.4. The topological polar surface area (TPSA) is 160 Å². The van der Waals surface area contributed by atoms with Crippen LogP contribution in [0.2, 0.25) is 0 Å². The summed E-state index contributed by atoms with van der Waals surface area (Å²) >= 11 is 0. The number of rotatable bonds is 6. The molecule has 0 aliphatic carbocycles. The summed E-state index contributed by atoms with van der Waals surface area (Å²) in [6.07, 6.45) is -4.12. The molecule has 126 valence electrons. The van der Waals surface area contributed by atoms with E-state index in [9.17, 15) is 18.3 Å². The zero-order valence-corrected chi connectivity index (χ0v) is 13.1. The largest absolute Gasteiger partial charge is 0.388 e. The zero-order chi connectivity index (χ0) is 16.9. The standard InChI is InChI=1S/C10H18N4O7S/c1-5(15)13-7-9(21-22(3,17)18)8(16)6(4-12-14-11)20-10(7)19-2/h6-10,16H,4H2,1-3H3,(H,13,15)/t6-,7-,8+,9+,10-/m0/s1. The van der Waals surface area contributed by atoms with Crippen LogP contribution in [0.3, 0.4) is 0 Å². The van der Waals surface area contributed by atoms with E-state index in [1.807, 2.05) is 0 Å². The fourth-order valence-corrected chi connectivity index (χ4v) is 2.73. The van der Waals surface area contributed by atoms with Gasteiger partial charge in [0.05, 0.1) is 18.9 Å². The van der Waals surface area contributed by atoms with E-state index in [1.165, 1.54) is 14.0 Å². The lowest BCUT2D eigenvalue weighted by Crippen LogP contribution is -2.65. The molecule has 1 rings (SSSR count). The molecule has 0 bridgehead atoms. The summed E-state index contributed by atoms with van der Waals surface area (Å²) in [4.78, 5) is 13.8. The Morgan fingerprint density at radius 1 is 1.55 bits per heavy atom. The van der Waals surface area contributed by atoms with E-state index in [-0.39, 0.29) is 6.54 Å². The number of carbonyl (C=O) groups is 1. The van der Waals surface area contributed by atoms with Crippen LogP contribution in [0, 0.1) is 0 Å². The number of aliphatic hydroxyl groups is 1. The predicted molar refractivity (Wildman–Crippen MR) is 73.0 cm³/mol. The molecule has 1 aliphatic rings. The first-order valence-electron chi connectivity index (χ1n) is 6.22. The summed E-state index contributed by atoms with van der Waals surface area (Å²) in [6.45, 7) is 0.955. The molecule has 1 heterocycles. The van der Waals surface area contributed by atoms with E-state index >= 15 is 0 Å². The van der Waals surface area contributed by atoms with Gasteiger partial charge in [0.1, 0.15) is 18.2 Å². The highest BCUT2D eigenvalue weighted by molar-refractivity contribution is 7.86. The summed E-state index contributed by atoms with van der Waals surface area (Å²) in [7, 11) is -2.65. The summed E-state index contributed by atoms with van der Waals surface area (Å²) in [6, 6.07) is -1.06. The van der Waals surface area contributed by atoms with Gasteiger partial charge in [-0.1, -0.05) is 5.11 Å². The second-order valence-corrected chi connectivity index (χ2v) is 6.27. The van der Waals surface area contributed by atoms with Crippen LogP contribution < -0.4 is 5.32 Å². The Labute approximate surface area is 127 Å². The first-order valence-corrected chi connectivity index (χ1v) is 8.03. The van der Waals surface area contributed by atoms with E-state index in [0.29, 0.717) is 0 Å². The van der Waals surface area contributed by atoms with Crippen LogP contribution in [0.15, 0.2) is 5.11 Å². The van der Waals surface area contributed by atoms with Crippen LogP contribution in [-0.2, 0) is 28.6 Å².